The highest BCUT2D eigenvalue weighted by atomic mass is 32.2. The molecule has 0 aliphatic rings. The number of aromatic nitrogens is 1. The van der Waals surface area contributed by atoms with Gasteiger partial charge in [-0.25, -0.2) is 22.5 Å². The molecule has 8 nitrogen and oxygen atoms in total. The van der Waals surface area contributed by atoms with Gasteiger partial charge in [0.05, 0.1) is 29.7 Å². The minimum Gasteiger partial charge on any atom is -0.468 e. The first-order chi connectivity index (χ1) is 13.9. The summed E-state index contributed by atoms with van der Waals surface area (Å²) >= 11 is 0. The molecule has 1 aromatic heterocycles. The molecule has 30 heavy (non-hydrogen) atoms. The van der Waals surface area contributed by atoms with Crippen molar-refractivity contribution in [1.82, 2.24) is 4.98 Å². The first kappa shape index (κ1) is 23.1. The monoisotopic (exact) mass is 446 g/mol. The Bertz CT molecular complexity index is 1020. The minimum absolute atomic E-state index is 0.0322. The number of alkyl halides is 3. The van der Waals surface area contributed by atoms with E-state index in [1.165, 1.54) is 24.3 Å². The van der Waals surface area contributed by atoms with Crippen LogP contribution in [0.15, 0.2) is 42.6 Å². The number of carbonyl (C=O) groups excluding carboxylic acids is 2. The SMILES string of the molecule is CCOC(=O)c1cccc(N(C(=O)c2ccc(OCC(F)(F)F)nc2)S(C)(=O)=O)c1. The van der Waals surface area contributed by atoms with Crippen molar-refractivity contribution in [3.8, 4) is 5.88 Å². The van der Waals surface area contributed by atoms with Crippen LogP contribution in [0.3, 0.4) is 0 Å². The number of amides is 1. The number of carbonyl (C=O) groups is 2. The highest BCUT2D eigenvalue weighted by Crippen LogP contribution is 2.23. The fraction of sp³-hybridized carbons (Fsp3) is 0.278. The molecule has 2 aromatic rings. The molecule has 1 heterocycles. The summed E-state index contributed by atoms with van der Waals surface area (Å²) in [6.45, 7) is 0.138. The smallest absolute Gasteiger partial charge is 0.422 e. The number of halogens is 3. The summed E-state index contributed by atoms with van der Waals surface area (Å²) in [5, 5.41) is 0. The van der Waals surface area contributed by atoms with Crippen molar-refractivity contribution in [1.29, 1.82) is 0 Å². The first-order valence-corrected chi connectivity index (χ1v) is 10.2. The van der Waals surface area contributed by atoms with Crippen molar-refractivity contribution in [3.05, 3.63) is 53.7 Å². The summed E-state index contributed by atoms with van der Waals surface area (Å²) < 4.78 is 70.9. The lowest BCUT2D eigenvalue weighted by atomic mass is 10.2. The third kappa shape index (κ3) is 6.17. The predicted molar refractivity (Wildman–Crippen MR) is 99.8 cm³/mol. The molecule has 0 unspecified atom stereocenters. The summed E-state index contributed by atoms with van der Waals surface area (Å²) in [6.07, 6.45) is -2.88. The average Bonchev–Trinajstić information content (AvgIpc) is 2.65. The van der Waals surface area contributed by atoms with Gasteiger partial charge in [0.1, 0.15) is 0 Å². The van der Waals surface area contributed by atoms with E-state index in [0.717, 1.165) is 24.6 Å². The van der Waals surface area contributed by atoms with E-state index < -0.39 is 34.7 Å². The van der Waals surface area contributed by atoms with Gasteiger partial charge in [-0.2, -0.15) is 13.2 Å². The molecule has 0 aliphatic carbocycles. The summed E-state index contributed by atoms with van der Waals surface area (Å²) in [5.41, 5.74) is -0.309. The Kier molecular flexibility index (Phi) is 7.03. The van der Waals surface area contributed by atoms with Gasteiger partial charge in [-0.15, -0.1) is 0 Å². The molecule has 0 saturated carbocycles. The number of ether oxygens (including phenoxy) is 2. The molecule has 0 fully saturated rings. The van der Waals surface area contributed by atoms with Gasteiger partial charge >= 0.3 is 12.1 Å². The largest absolute Gasteiger partial charge is 0.468 e. The van der Waals surface area contributed by atoms with Gasteiger partial charge < -0.3 is 9.47 Å². The van der Waals surface area contributed by atoms with E-state index in [1.807, 2.05) is 0 Å². The zero-order chi connectivity index (χ0) is 22.5. The molecule has 162 valence electrons. The second-order valence-electron chi connectivity index (χ2n) is 5.89. The number of esters is 1. The normalized spacial score (nSPS) is 11.6. The highest BCUT2D eigenvalue weighted by Gasteiger charge is 2.30. The van der Waals surface area contributed by atoms with Crippen molar-refractivity contribution < 1.29 is 40.7 Å². The molecular formula is C18H17F3N2O6S. The second kappa shape index (κ2) is 9.11. The van der Waals surface area contributed by atoms with Gasteiger partial charge in [0.25, 0.3) is 5.91 Å². The van der Waals surface area contributed by atoms with Gasteiger partial charge in [0, 0.05) is 12.3 Å². The molecule has 0 bridgehead atoms. The van der Waals surface area contributed by atoms with Crippen molar-refractivity contribution in [2.24, 2.45) is 0 Å². The van der Waals surface area contributed by atoms with Gasteiger partial charge in [-0.3, -0.25) is 4.79 Å². The van der Waals surface area contributed by atoms with Crippen LogP contribution in [-0.2, 0) is 14.8 Å². The lowest BCUT2D eigenvalue weighted by Crippen LogP contribution is -2.36. The maximum Gasteiger partial charge on any atom is 0.422 e. The van der Waals surface area contributed by atoms with Crippen LogP contribution in [-0.4, -0.2) is 50.9 Å². The third-order valence-corrected chi connectivity index (χ3v) is 4.51. The maximum atomic E-state index is 12.8. The maximum absolute atomic E-state index is 12.8. The number of hydrogen-bond acceptors (Lipinski definition) is 7. The van der Waals surface area contributed by atoms with Crippen LogP contribution in [0.2, 0.25) is 0 Å². The Balaban J connectivity index is 2.34. The van der Waals surface area contributed by atoms with E-state index in [4.69, 9.17) is 4.74 Å². The third-order valence-electron chi connectivity index (χ3n) is 3.47. The van der Waals surface area contributed by atoms with Crippen molar-refractivity contribution in [2.45, 2.75) is 13.1 Å². The molecule has 12 heteroatoms. The molecule has 0 N–H and O–H groups in total. The lowest BCUT2D eigenvalue weighted by molar-refractivity contribution is -0.154. The molecule has 0 atom stereocenters. The molecule has 0 saturated heterocycles. The van der Waals surface area contributed by atoms with Crippen LogP contribution in [0.4, 0.5) is 18.9 Å². The lowest BCUT2D eigenvalue weighted by Gasteiger charge is -2.21. The van der Waals surface area contributed by atoms with Crippen molar-refractivity contribution >= 4 is 27.6 Å². The Labute approximate surface area is 170 Å². The Morgan fingerprint density at radius 3 is 2.37 bits per heavy atom. The molecule has 0 spiro atoms. The average molecular weight is 446 g/mol. The number of sulfonamides is 1. The van der Waals surface area contributed by atoms with Crippen LogP contribution >= 0.6 is 0 Å². The molecule has 1 amide bonds. The summed E-state index contributed by atoms with van der Waals surface area (Å²) in [7, 11) is -4.14. The number of benzene rings is 1. The van der Waals surface area contributed by atoms with Crippen molar-refractivity contribution in [2.75, 3.05) is 23.8 Å². The minimum atomic E-state index is -4.56. The second-order valence-corrected chi connectivity index (χ2v) is 7.72. The van der Waals surface area contributed by atoms with Crippen LogP contribution in [0.25, 0.3) is 0 Å². The zero-order valence-electron chi connectivity index (χ0n) is 15.8. The van der Waals surface area contributed by atoms with Crippen molar-refractivity contribution in [3.63, 3.8) is 0 Å². The summed E-state index contributed by atoms with van der Waals surface area (Å²) in [4.78, 5) is 28.3. The van der Waals surface area contributed by atoms with E-state index in [1.54, 1.807) is 6.92 Å². The number of nitrogens with zero attached hydrogens (tertiary/aromatic N) is 2. The highest BCUT2D eigenvalue weighted by molar-refractivity contribution is 7.92. The van der Waals surface area contributed by atoms with Gasteiger partial charge in [0.2, 0.25) is 15.9 Å². The molecule has 0 aliphatic heterocycles. The van der Waals surface area contributed by atoms with E-state index in [0.29, 0.717) is 4.31 Å². The van der Waals surface area contributed by atoms with Crippen LogP contribution in [0, 0.1) is 0 Å². The number of anilines is 1. The van der Waals surface area contributed by atoms with E-state index in [2.05, 4.69) is 9.72 Å². The van der Waals surface area contributed by atoms with E-state index >= 15 is 0 Å². The number of rotatable bonds is 7. The summed E-state index contributed by atoms with van der Waals surface area (Å²) in [5.74, 6) is -2.11. The Morgan fingerprint density at radius 2 is 1.83 bits per heavy atom. The van der Waals surface area contributed by atoms with Crippen LogP contribution < -0.4 is 9.04 Å². The Hall–Kier alpha value is -3.15. The van der Waals surface area contributed by atoms with Crippen LogP contribution in [0.1, 0.15) is 27.6 Å². The molecule has 0 radical (unpaired) electrons. The Morgan fingerprint density at radius 1 is 1.13 bits per heavy atom. The van der Waals surface area contributed by atoms with Gasteiger partial charge in [-0.1, -0.05) is 6.07 Å². The van der Waals surface area contributed by atoms with Gasteiger partial charge in [-0.05, 0) is 31.2 Å². The summed E-state index contributed by atoms with van der Waals surface area (Å²) in [6, 6.07) is 7.32. The fourth-order valence-corrected chi connectivity index (χ4v) is 3.20. The first-order valence-electron chi connectivity index (χ1n) is 8.40. The van der Waals surface area contributed by atoms with E-state index in [9.17, 15) is 31.2 Å². The fourth-order valence-electron chi connectivity index (χ4n) is 2.30. The quantitative estimate of drug-likeness (QED) is 0.603. The predicted octanol–water partition coefficient (Wildman–Crippen LogP) is 2.81. The van der Waals surface area contributed by atoms with Crippen LogP contribution in [0.5, 0.6) is 5.88 Å². The molecule has 2 rings (SSSR count). The number of hydrogen-bond donors (Lipinski definition) is 0. The standard InChI is InChI=1S/C18H17F3N2O6S/c1-3-28-17(25)12-5-4-6-14(9-12)23(30(2,26)27)16(24)13-7-8-15(22-10-13)29-11-18(19,20)21/h4-10H,3,11H2,1-2H3. The molecule has 1 aromatic carbocycles. The zero-order valence-corrected chi connectivity index (χ0v) is 16.7. The topological polar surface area (TPSA) is 103 Å². The molecular weight excluding hydrogens is 429 g/mol. The van der Waals surface area contributed by atoms with Gasteiger partial charge in [0.15, 0.2) is 6.61 Å². The van der Waals surface area contributed by atoms with E-state index in [-0.39, 0.29) is 29.3 Å². The number of pyridine rings is 1.